The first kappa shape index (κ1) is 18.4. The Bertz CT molecular complexity index is 844. The van der Waals surface area contributed by atoms with Crippen molar-refractivity contribution in [3.63, 3.8) is 0 Å². The lowest BCUT2D eigenvalue weighted by Crippen LogP contribution is -2.16. The summed E-state index contributed by atoms with van der Waals surface area (Å²) in [4.78, 5) is 4.57. The first-order valence-corrected chi connectivity index (χ1v) is 8.70. The Morgan fingerprint density at radius 2 is 1.85 bits per heavy atom. The predicted octanol–water partition coefficient (Wildman–Crippen LogP) is 3.38. The molecule has 6 heteroatoms. The smallest absolute Gasteiger partial charge is 0.163 e. The largest absolute Gasteiger partial charge is 0.491 e. The Labute approximate surface area is 153 Å². The molecule has 0 aliphatic heterocycles. The Kier molecular flexibility index (Phi) is 5.85. The van der Waals surface area contributed by atoms with Crippen molar-refractivity contribution in [1.82, 2.24) is 14.6 Å². The van der Waals surface area contributed by atoms with Crippen LogP contribution in [0.25, 0.3) is 5.65 Å². The number of benzene rings is 1. The van der Waals surface area contributed by atoms with Crippen molar-refractivity contribution in [1.29, 1.82) is 0 Å². The van der Waals surface area contributed by atoms with Crippen molar-refractivity contribution in [2.45, 2.75) is 32.5 Å². The zero-order chi connectivity index (χ0) is 18.5. The van der Waals surface area contributed by atoms with E-state index in [1.54, 1.807) is 18.7 Å². The summed E-state index contributed by atoms with van der Waals surface area (Å²) in [5.41, 5.74) is 3.09. The molecule has 0 N–H and O–H groups in total. The van der Waals surface area contributed by atoms with Crippen molar-refractivity contribution < 1.29 is 14.2 Å². The Morgan fingerprint density at radius 3 is 2.54 bits per heavy atom. The second-order valence-electron chi connectivity index (χ2n) is 6.38. The van der Waals surface area contributed by atoms with Gasteiger partial charge in [0.25, 0.3) is 0 Å². The van der Waals surface area contributed by atoms with E-state index in [2.05, 4.69) is 29.1 Å². The van der Waals surface area contributed by atoms with Gasteiger partial charge in [-0.15, -0.1) is 0 Å². The molecule has 138 valence electrons. The van der Waals surface area contributed by atoms with E-state index in [0.29, 0.717) is 24.8 Å². The first-order chi connectivity index (χ1) is 12.6. The van der Waals surface area contributed by atoms with Crippen LogP contribution < -0.4 is 4.74 Å². The zero-order valence-electron chi connectivity index (χ0n) is 15.7. The monoisotopic (exact) mass is 355 g/mol. The lowest BCUT2D eigenvalue weighted by Gasteiger charge is -2.14. The number of fused-ring (bicyclic) bond motifs is 1. The van der Waals surface area contributed by atoms with Crippen molar-refractivity contribution in [3.8, 4) is 5.75 Å². The summed E-state index contributed by atoms with van der Waals surface area (Å²) in [5, 5.41) is 4.52. The Morgan fingerprint density at radius 1 is 1.12 bits per heavy atom. The maximum absolute atomic E-state index is 6.01. The molecule has 0 fully saturated rings. The number of aryl methyl sites for hydroxylation is 1. The third kappa shape index (κ3) is 4.20. The van der Waals surface area contributed by atoms with Crippen LogP contribution in [0.4, 0.5) is 0 Å². The summed E-state index contributed by atoms with van der Waals surface area (Å²) in [6.07, 6.45) is 2.01. The molecular weight excluding hydrogens is 330 g/mol. The van der Waals surface area contributed by atoms with Gasteiger partial charge in [-0.1, -0.05) is 37.3 Å². The standard InChI is InChI=1S/C20H25N3O3/c1-14-10-17(26-13-15(2)16-8-6-5-7-9-16)12-23-20(14)21-18(22-23)11-19(24-3)25-4/h5-10,12,15,19H,11,13H2,1-4H3/t15-/m0/s1. The molecule has 0 bridgehead atoms. The van der Waals surface area contributed by atoms with E-state index in [9.17, 15) is 0 Å². The number of aromatic nitrogens is 3. The number of hydrogen-bond donors (Lipinski definition) is 0. The second-order valence-corrected chi connectivity index (χ2v) is 6.38. The van der Waals surface area contributed by atoms with Crippen molar-refractivity contribution in [2.75, 3.05) is 20.8 Å². The van der Waals surface area contributed by atoms with Gasteiger partial charge in [0.2, 0.25) is 0 Å². The lowest BCUT2D eigenvalue weighted by molar-refractivity contribution is -0.101. The highest BCUT2D eigenvalue weighted by molar-refractivity contribution is 5.49. The van der Waals surface area contributed by atoms with E-state index in [1.165, 1.54) is 5.56 Å². The van der Waals surface area contributed by atoms with Gasteiger partial charge in [0.15, 0.2) is 17.8 Å². The van der Waals surface area contributed by atoms with Crippen LogP contribution >= 0.6 is 0 Å². The average Bonchev–Trinajstić information content (AvgIpc) is 3.08. The third-order valence-corrected chi connectivity index (χ3v) is 4.38. The fraction of sp³-hybridized carbons (Fsp3) is 0.400. The molecule has 0 radical (unpaired) electrons. The Hall–Kier alpha value is -2.44. The molecule has 3 aromatic rings. The molecular formula is C20H25N3O3. The second kappa shape index (κ2) is 8.29. The van der Waals surface area contributed by atoms with Crippen LogP contribution in [0.3, 0.4) is 0 Å². The summed E-state index contributed by atoms with van der Waals surface area (Å²) in [6, 6.07) is 12.4. The highest BCUT2D eigenvalue weighted by atomic mass is 16.7. The molecule has 0 unspecified atom stereocenters. The summed E-state index contributed by atoms with van der Waals surface area (Å²) in [6.45, 7) is 4.77. The normalized spacial score (nSPS) is 12.7. The fourth-order valence-corrected chi connectivity index (χ4v) is 2.84. The number of hydrogen-bond acceptors (Lipinski definition) is 5. The van der Waals surface area contributed by atoms with Crippen LogP contribution in [0.1, 0.15) is 29.8 Å². The van der Waals surface area contributed by atoms with Gasteiger partial charge in [-0.2, -0.15) is 5.10 Å². The van der Waals surface area contributed by atoms with Gasteiger partial charge < -0.3 is 14.2 Å². The van der Waals surface area contributed by atoms with Gasteiger partial charge in [-0.05, 0) is 24.1 Å². The summed E-state index contributed by atoms with van der Waals surface area (Å²) in [7, 11) is 3.21. The van der Waals surface area contributed by atoms with Crippen molar-refractivity contribution in [3.05, 3.63) is 59.5 Å². The number of pyridine rings is 1. The quantitative estimate of drug-likeness (QED) is 0.580. The molecule has 0 saturated heterocycles. The highest BCUT2D eigenvalue weighted by Crippen LogP contribution is 2.21. The van der Waals surface area contributed by atoms with Gasteiger partial charge in [0, 0.05) is 20.1 Å². The number of ether oxygens (including phenoxy) is 3. The fourth-order valence-electron chi connectivity index (χ4n) is 2.84. The third-order valence-electron chi connectivity index (χ3n) is 4.38. The summed E-state index contributed by atoms with van der Waals surface area (Å²) in [5.74, 6) is 1.77. The molecule has 0 amide bonds. The number of methoxy groups -OCH3 is 2. The zero-order valence-corrected chi connectivity index (χ0v) is 15.7. The SMILES string of the molecule is COC(Cc1nc2c(C)cc(OC[C@H](C)c3ccccc3)cn2n1)OC. The molecule has 0 spiro atoms. The van der Waals surface area contributed by atoms with Crippen LogP contribution in [-0.4, -0.2) is 41.7 Å². The molecule has 2 aromatic heterocycles. The van der Waals surface area contributed by atoms with Crippen LogP contribution in [0.5, 0.6) is 5.75 Å². The van der Waals surface area contributed by atoms with Crippen LogP contribution in [0.2, 0.25) is 0 Å². The maximum Gasteiger partial charge on any atom is 0.163 e. The summed E-state index contributed by atoms with van der Waals surface area (Å²) >= 11 is 0. The molecule has 6 nitrogen and oxygen atoms in total. The van der Waals surface area contributed by atoms with Crippen LogP contribution in [-0.2, 0) is 15.9 Å². The van der Waals surface area contributed by atoms with Crippen molar-refractivity contribution >= 4 is 5.65 Å². The lowest BCUT2D eigenvalue weighted by atomic mass is 10.0. The minimum Gasteiger partial charge on any atom is -0.491 e. The molecule has 0 saturated carbocycles. The minimum absolute atomic E-state index is 0.308. The van der Waals surface area contributed by atoms with E-state index < -0.39 is 0 Å². The molecule has 1 atom stereocenters. The molecule has 0 aliphatic carbocycles. The van der Waals surface area contributed by atoms with Crippen molar-refractivity contribution in [2.24, 2.45) is 0 Å². The van der Waals surface area contributed by atoms with E-state index in [-0.39, 0.29) is 6.29 Å². The average molecular weight is 355 g/mol. The predicted molar refractivity (Wildman–Crippen MR) is 99.6 cm³/mol. The van der Waals surface area contributed by atoms with Gasteiger partial charge in [-0.25, -0.2) is 9.50 Å². The van der Waals surface area contributed by atoms with E-state index in [1.807, 2.05) is 37.4 Å². The van der Waals surface area contributed by atoms with E-state index in [4.69, 9.17) is 14.2 Å². The van der Waals surface area contributed by atoms with Gasteiger partial charge in [0.1, 0.15) is 5.75 Å². The van der Waals surface area contributed by atoms with Gasteiger partial charge in [0.05, 0.1) is 19.2 Å². The summed E-state index contributed by atoms with van der Waals surface area (Å²) < 4.78 is 18.2. The number of nitrogens with zero attached hydrogens (tertiary/aromatic N) is 3. The molecule has 2 heterocycles. The topological polar surface area (TPSA) is 57.9 Å². The minimum atomic E-state index is -0.352. The Balaban J connectivity index is 1.73. The molecule has 26 heavy (non-hydrogen) atoms. The van der Waals surface area contributed by atoms with Crippen LogP contribution in [0.15, 0.2) is 42.6 Å². The van der Waals surface area contributed by atoms with Gasteiger partial charge in [-0.3, -0.25) is 0 Å². The molecule has 0 aliphatic rings. The van der Waals surface area contributed by atoms with Crippen LogP contribution in [0, 0.1) is 6.92 Å². The number of rotatable bonds is 8. The van der Waals surface area contributed by atoms with E-state index in [0.717, 1.165) is 17.0 Å². The first-order valence-electron chi connectivity index (χ1n) is 8.70. The molecule has 1 aromatic carbocycles. The molecule has 3 rings (SSSR count). The highest BCUT2D eigenvalue weighted by Gasteiger charge is 2.14. The maximum atomic E-state index is 6.01. The van der Waals surface area contributed by atoms with Gasteiger partial charge >= 0.3 is 0 Å². The van der Waals surface area contributed by atoms with E-state index >= 15 is 0 Å².